The summed E-state index contributed by atoms with van der Waals surface area (Å²) in [6, 6.07) is 9.05. The van der Waals surface area contributed by atoms with Gasteiger partial charge in [0.1, 0.15) is 22.5 Å². The van der Waals surface area contributed by atoms with E-state index in [1.165, 1.54) is 11.3 Å². The molecule has 0 atom stereocenters. The summed E-state index contributed by atoms with van der Waals surface area (Å²) in [6.45, 7) is 3.59. The second-order valence-electron chi connectivity index (χ2n) is 5.94. The summed E-state index contributed by atoms with van der Waals surface area (Å²) in [5.41, 5.74) is 1.97. The number of nitrogens with zero attached hydrogens (tertiary/aromatic N) is 2. The minimum Gasteiger partial charge on any atom is -0.467 e. The number of hydrogen-bond donors (Lipinski definition) is 1. The number of carbonyl (C=O) groups is 2. The first-order valence-electron chi connectivity index (χ1n) is 8.25. The number of anilines is 1. The van der Waals surface area contributed by atoms with Crippen molar-refractivity contribution in [2.75, 3.05) is 11.9 Å². The Labute approximate surface area is 173 Å². The number of thiophene rings is 1. The average Bonchev–Trinajstić information content (AvgIpc) is 3.38. The molecule has 9 heteroatoms. The standard InChI is InChI=1S/C19H16BrN3O4S/c1-11-12(2)23(9-13-4-3-7-26-13)18(14(11)8-21)22-17(24)10-27-19(25)15-5-6-16(20)28-15/h3-7H,9-10H2,1-2H3,(H,22,24). The lowest BCUT2D eigenvalue weighted by Crippen LogP contribution is -2.23. The van der Waals surface area contributed by atoms with Gasteiger partial charge in [-0.15, -0.1) is 11.3 Å². The van der Waals surface area contributed by atoms with Gasteiger partial charge < -0.3 is 19.0 Å². The third-order valence-corrected chi connectivity index (χ3v) is 5.81. The van der Waals surface area contributed by atoms with E-state index in [9.17, 15) is 14.9 Å². The molecule has 1 amide bonds. The number of esters is 1. The molecule has 0 aliphatic carbocycles. The van der Waals surface area contributed by atoms with E-state index >= 15 is 0 Å². The number of nitrogens with one attached hydrogen (secondary N) is 1. The maximum Gasteiger partial charge on any atom is 0.348 e. The highest BCUT2D eigenvalue weighted by molar-refractivity contribution is 9.11. The van der Waals surface area contributed by atoms with Crippen molar-refractivity contribution in [3.8, 4) is 6.07 Å². The van der Waals surface area contributed by atoms with Gasteiger partial charge in [0.05, 0.1) is 22.2 Å². The van der Waals surface area contributed by atoms with Crippen LogP contribution in [0.25, 0.3) is 0 Å². The summed E-state index contributed by atoms with van der Waals surface area (Å²) in [6.07, 6.45) is 1.56. The molecule has 0 unspecified atom stereocenters. The van der Waals surface area contributed by atoms with E-state index in [2.05, 4.69) is 27.3 Å². The molecule has 0 aromatic carbocycles. The van der Waals surface area contributed by atoms with Crippen molar-refractivity contribution in [3.63, 3.8) is 0 Å². The third kappa shape index (κ3) is 4.18. The highest BCUT2D eigenvalue weighted by Crippen LogP contribution is 2.27. The Morgan fingerprint density at radius 3 is 2.75 bits per heavy atom. The van der Waals surface area contributed by atoms with E-state index in [-0.39, 0.29) is 0 Å². The Bertz CT molecular complexity index is 1060. The van der Waals surface area contributed by atoms with Crippen LogP contribution in [0.3, 0.4) is 0 Å². The van der Waals surface area contributed by atoms with Crippen molar-refractivity contribution in [1.82, 2.24) is 4.57 Å². The second kappa shape index (κ2) is 8.46. The van der Waals surface area contributed by atoms with Crippen LogP contribution in [0.2, 0.25) is 0 Å². The molecule has 0 saturated carbocycles. The predicted molar refractivity (Wildman–Crippen MR) is 107 cm³/mol. The highest BCUT2D eigenvalue weighted by atomic mass is 79.9. The maximum absolute atomic E-state index is 12.4. The summed E-state index contributed by atoms with van der Waals surface area (Å²) in [5, 5.41) is 12.2. The number of halogens is 1. The Kier molecular flexibility index (Phi) is 6.02. The van der Waals surface area contributed by atoms with E-state index in [4.69, 9.17) is 9.15 Å². The van der Waals surface area contributed by atoms with E-state index in [0.717, 1.165) is 15.0 Å². The summed E-state index contributed by atoms with van der Waals surface area (Å²) >= 11 is 4.49. The number of amides is 1. The van der Waals surface area contributed by atoms with Crippen molar-refractivity contribution in [3.05, 3.63) is 61.8 Å². The number of carbonyl (C=O) groups excluding carboxylic acids is 2. The van der Waals surface area contributed by atoms with Gasteiger partial charge in [0.15, 0.2) is 6.61 Å². The van der Waals surface area contributed by atoms with Crippen molar-refractivity contribution < 1.29 is 18.7 Å². The minimum absolute atomic E-state index is 0.355. The quantitative estimate of drug-likeness (QED) is 0.553. The molecule has 3 aromatic rings. The molecule has 0 radical (unpaired) electrons. The van der Waals surface area contributed by atoms with Crippen LogP contribution < -0.4 is 5.32 Å². The van der Waals surface area contributed by atoms with Crippen molar-refractivity contribution in [2.24, 2.45) is 0 Å². The lowest BCUT2D eigenvalue weighted by atomic mass is 10.2. The monoisotopic (exact) mass is 461 g/mol. The topological polar surface area (TPSA) is 97.3 Å². The SMILES string of the molecule is Cc1c(C#N)c(NC(=O)COC(=O)c2ccc(Br)s2)n(Cc2ccco2)c1C. The number of hydrogen-bond acceptors (Lipinski definition) is 6. The molecule has 0 bridgehead atoms. The van der Waals surface area contributed by atoms with Gasteiger partial charge in [-0.25, -0.2) is 4.79 Å². The van der Waals surface area contributed by atoms with E-state index in [0.29, 0.717) is 28.6 Å². The van der Waals surface area contributed by atoms with Crippen LogP contribution in [0.4, 0.5) is 5.82 Å². The summed E-state index contributed by atoms with van der Waals surface area (Å²) in [7, 11) is 0. The van der Waals surface area contributed by atoms with Crippen LogP contribution in [0.5, 0.6) is 0 Å². The van der Waals surface area contributed by atoms with Gasteiger partial charge in [0.25, 0.3) is 5.91 Å². The number of furan rings is 1. The molecule has 28 heavy (non-hydrogen) atoms. The first-order chi connectivity index (χ1) is 13.4. The maximum atomic E-state index is 12.4. The van der Waals surface area contributed by atoms with Crippen LogP contribution in [-0.2, 0) is 16.1 Å². The van der Waals surface area contributed by atoms with Crippen LogP contribution >= 0.6 is 27.3 Å². The van der Waals surface area contributed by atoms with Crippen LogP contribution in [0.15, 0.2) is 38.7 Å². The Balaban J connectivity index is 1.75. The molecule has 3 rings (SSSR count). The fraction of sp³-hybridized carbons (Fsp3) is 0.211. The second-order valence-corrected chi connectivity index (χ2v) is 8.40. The summed E-state index contributed by atoms with van der Waals surface area (Å²) in [5.74, 6) is -0.0649. The molecule has 0 spiro atoms. The zero-order chi connectivity index (χ0) is 20.3. The van der Waals surface area contributed by atoms with Gasteiger partial charge in [-0.3, -0.25) is 4.79 Å². The highest BCUT2D eigenvalue weighted by Gasteiger charge is 2.21. The van der Waals surface area contributed by atoms with Crippen LogP contribution in [-0.4, -0.2) is 23.1 Å². The van der Waals surface area contributed by atoms with Gasteiger partial charge in [0.2, 0.25) is 0 Å². The van der Waals surface area contributed by atoms with Gasteiger partial charge in [0, 0.05) is 5.69 Å². The Hall–Kier alpha value is -2.83. The molecule has 1 N–H and O–H groups in total. The molecule has 3 aromatic heterocycles. The van der Waals surface area contributed by atoms with Gasteiger partial charge in [-0.05, 0) is 59.6 Å². The average molecular weight is 462 g/mol. The normalized spacial score (nSPS) is 10.5. The Morgan fingerprint density at radius 2 is 2.14 bits per heavy atom. The molecular weight excluding hydrogens is 446 g/mol. The molecular formula is C19H16BrN3O4S. The zero-order valence-electron chi connectivity index (χ0n) is 15.1. The van der Waals surface area contributed by atoms with Crippen molar-refractivity contribution >= 4 is 45.0 Å². The number of ether oxygens (including phenoxy) is 1. The summed E-state index contributed by atoms with van der Waals surface area (Å²) < 4.78 is 13.0. The van der Waals surface area contributed by atoms with E-state index < -0.39 is 18.5 Å². The minimum atomic E-state index is -0.579. The Morgan fingerprint density at radius 1 is 1.36 bits per heavy atom. The number of nitriles is 1. The molecule has 7 nitrogen and oxygen atoms in total. The number of rotatable bonds is 6. The lowest BCUT2D eigenvalue weighted by Gasteiger charge is -2.12. The molecule has 0 aliphatic rings. The van der Waals surface area contributed by atoms with E-state index in [1.54, 1.807) is 29.0 Å². The number of aromatic nitrogens is 1. The molecule has 0 fully saturated rings. The van der Waals surface area contributed by atoms with Crippen molar-refractivity contribution in [1.29, 1.82) is 5.26 Å². The molecule has 0 aliphatic heterocycles. The first-order valence-corrected chi connectivity index (χ1v) is 9.86. The van der Waals surface area contributed by atoms with Crippen LogP contribution in [0, 0.1) is 25.2 Å². The van der Waals surface area contributed by atoms with Gasteiger partial charge in [-0.2, -0.15) is 5.26 Å². The zero-order valence-corrected chi connectivity index (χ0v) is 17.5. The van der Waals surface area contributed by atoms with E-state index in [1.807, 2.05) is 19.9 Å². The lowest BCUT2D eigenvalue weighted by molar-refractivity contribution is -0.119. The summed E-state index contributed by atoms with van der Waals surface area (Å²) in [4.78, 5) is 24.7. The van der Waals surface area contributed by atoms with Crippen LogP contribution in [0.1, 0.15) is 32.3 Å². The van der Waals surface area contributed by atoms with Gasteiger partial charge >= 0.3 is 5.97 Å². The molecule has 0 saturated heterocycles. The van der Waals surface area contributed by atoms with Gasteiger partial charge in [-0.1, -0.05) is 0 Å². The van der Waals surface area contributed by atoms with Crippen molar-refractivity contribution in [2.45, 2.75) is 20.4 Å². The molecule has 144 valence electrons. The first kappa shape index (κ1) is 19.9. The predicted octanol–water partition coefficient (Wildman–Crippen LogP) is 4.24. The smallest absolute Gasteiger partial charge is 0.348 e. The molecule has 3 heterocycles. The fourth-order valence-electron chi connectivity index (χ4n) is 2.68. The largest absolute Gasteiger partial charge is 0.467 e. The fourth-order valence-corrected chi connectivity index (χ4v) is 3.96. The third-order valence-electron chi connectivity index (χ3n) is 4.20.